The van der Waals surface area contributed by atoms with Crippen LogP contribution >= 0.6 is 11.6 Å². The molecule has 0 atom stereocenters. The molecule has 20 heavy (non-hydrogen) atoms. The van der Waals surface area contributed by atoms with Gasteiger partial charge >= 0.3 is 0 Å². The van der Waals surface area contributed by atoms with Crippen LogP contribution < -0.4 is 5.32 Å². The first kappa shape index (κ1) is 14.5. The Balaban J connectivity index is 1.94. The number of aryl methyl sites for hydroxylation is 2. The summed E-state index contributed by atoms with van der Waals surface area (Å²) in [6.45, 7) is 3.06. The van der Waals surface area contributed by atoms with Gasteiger partial charge in [0, 0.05) is 32.3 Å². The van der Waals surface area contributed by atoms with Crippen LogP contribution in [0.4, 0.5) is 5.69 Å². The lowest BCUT2D eigenvalue weighted by Crippen LogP contribution is -2.15. The summed E-state index contributed by atoms with van der Waals surface area (Å²) in [5.41, 5.74) is 2.80. The Bertz CT molecular complexity index is 622. The molecule has 0 radical (unpaired) electrons. The second-order valence-corrected chi connectivity index (χ2v) is 4.87. The van der Waals surface area contributed by atoms with Gasteiger partial charge in [0.1, 0.15) is 0 Å². The predicted molar refractivity (Wildman–Crippen MR) is 76.6 cm³/mol. The van der Waals surface area contributed by atoms with Crippen molar-refractivity contribution in [3.05, 3.63) is 56.4 Å². The van der Waals surface area contributed by atoms with E-state index in [1.165, 1.54) is 12.1 Å². The summed E-state index contributed by atoms with van der Waals surface area (Å²) < 4.78 is 1.75. The molecule has 1 heterocycles. The molecule has 0 unspecified atom stereocenters. The number of halogens is 1. The van der Waals surface area contributed by atoms with E-state index in [0.29, 0.717) is 18.1 Å². The van der Waals surface area contributed by atoms with Crippen molar-refractivity contribution in [2.24, 2.45) is 7.05 Å². The van der Waals surface area contributed by atoms with Gasteiger partial charge in [0.25, 0.3) is 5.69 Å². The van der Waals surface area contributed by atoms with Gasteiger partial charge in [-0.15, -0.1) is 0 Å². The Morgan fingerprint density at radius 1 is 1.35 bits per heavy atom. The molecule has 2 aromatic rings. The third-order valence-electron chi connectivity index (χ3n) is 3.03. The highest BCUT2D eigenvalue weighted by atomic mass is 35.5. The molecule has 7 heteroatoms. The molecule has 106 valence electrons. The summed E-state index contributed by atoms with van der Waals surface area (Å²) in [6.07, 6.45) is 0. The number of non-ortho nitro benzene ring substituents is 1. The zero-order valence-corrected chi connectivity index (χ0v) is 12.0. The van der Waals surface area contributed by atoms with Crippen molar-refractivity contribution in [3.63, 3.8) is 0 Å². The minimum absolute atomic E-state index is 0.0963. The number of nitrogens with one attached hydrogen (secondary N) is 1. The quantitative estimate of drug-likeness (QED) is 0.679. The fourth-order valence-corrected chi connectivity index (χ4v) is 2.16. The van der Waals surface area contributed by atoms with E-state index in [0.717, 1.165) is 17.0 Å². The first-order valence-corrected chi connectivity index (χ1v) is 6.49. The maximum Gasteiger partial charge on any atom is 0.269 e. The number of nitrogens with zero attached hydrogens (tertiary/aromatic N) is 3. The molecule has 1 aromatic carbocycles. The van der Waals surface area contributed by atoms with Gasteiger partial charge < -0.3 is 5.32 Å². The van der Waals surface area contributed by atoms with Crippen LogP contribution in [0.25, 0.3) is 0 Å². The number of hydrogen-bond donors (Lipinski definition) is 1. The highest BCUT2D eigenvalue weighted by Gasteiger charge is 2.10. The van der Waals surface area contributed by atoms with Crippen molar-refractivity contribution in [3.8, 4) is 0 Å². The third-order valence-corrected chi connectivity index (χ3v) is 3.52. The predicted octanol–water partition coefficient (Wildman–Crippen LogP) is 2.58. The van der Waals surface area contributed by atoms with Gasteiger partial charge in [-0.3, -0.25) is 14.8 Å². The van der Waals surface area contributed by atoms with Crippen molar-refractivity contribution in [1.29, 1.82) is 0 Å². The Hall–Kier alpha value is -1.92. The Kier molecular flexibility index (Phi) is 4.36. The van der Waals surface area contributed by atoms with E-state index in [1.807, 2.05) is 14.0 Å². The van der Waals surface area contributed by atoms with Crippen LogP contribution in [-0.2, 0) is 20.1 Å². The first-order valence-electron chi connectivity index (χ1n) is 6.11. The molecular formula is C13H15ClN4O2. The molecule has 1 aromatic heterocycles. The highest BCUT2D eigenvalue weighted by Crippen LogP contribution is 2.19. The minimum Gasteiger partial charge on any atom is -0.307 e. The van der Waals surface area contributed by atoms with Crippen molar-refractivity contribution < 1.29 is 4.92 Å². The van der Waals surface area contributed by atoms with Gasteiger partial charge in [-0.1, -0.05) is 23.7 Å². The van der Waals surface area contributed by atoms with Gasteiger partial charge in [0.15, 0.2) is 0 Å². The average molecular weight is 295 g/mol. The molecule has 0 saturated heterocycles. The summed E-state index contributed by atoms with van der Waals surface area (Å²) in [7, 11) is 1.85. The van der Waals surface area contributed by atoms with Crippen LogP contribution in [0.15, 0.2) is 24.3 Å². The smallest absolute Gasteiger partial charge is 0.269 e. The summed E-state index contributed by atoms with van der Waals surface area (Å²) in [5, 5.41) is 18.7. The van der Waals surface area contributed by atoms with Gasteiger partial charge in [-0.2, -0.15) is 5.10 Å². The fraction of sp³-hybridized carbons (Fsp3) is 0.308. The van der Waals surface area contributed by atoms with Crippen LogP contribution in [0.5, 0.6) is 0 Å². The normalized spacial score (nSPS) is 10.8. The van der Waals surface area contributed by atoms with E-state index in [1.54, 1.807) is 16.8 Å². The molecule has 0 aliphatic heterocycles. The molecule has 0 aliphatic rings. The van der Waals surface area contributed by atoms with Gasteiger partial charge in [-0.25, -0.2) is 0 Å². The number of nitro benzene ring substituents is 1. The minimum atomic E-state index is -0.407. The SMILES string of the molecule is Cc1nn(C)c(CNCc2ccc([N+](=O)[O-])cc2)c1Cl. The molecule has 0 amide bonds. The maximum atomic E-state index is 10.6. The topological polar surface area (TPSA) is 73.0 Å². The van der Waals surface area contributed by atoms with Gasteiger partial charge in [0.05, 0.1) is 21.3 Å². The van der Waals surface area contributed by atoms with Gasteiger partial charge in [0.2, 0.25) is 0 Å². The maximum absolute atomic E-state index is 10.6. The number of aromatic nitrogens is 2. The van der Waals surface area contributed by atoms with Crippen LogP contribution in [0.1, 0.15) is 17.0 Å². The molecule has 1 N–H and O–H groups in total. The van der Waals surface area contributed by atoms with Crippen molar-refractivity contribution in [1.82, 2.24) is 15.1 Å². The molecular weight excluding hydrogens is 280 g/mol. The molecule has 2 rings (SSSR count). The lowest BCUT2D eigenvalue weighted by atomic mass is 10.2. The van der Waals surface area contributed by atoms with E-state index in [2.05, 4.69) is 10.4 Å². The number of benzene rings is 1. The monoisotopic (exact) mass is 294 g/mol. The highest BCUT2D eigenvalue weighted by molar-refractivity contribution is 6.31. The van der Waals surface area contributed by atoms with Crippen LogP contribution in [0, 0.1) is 17.0 Å². The lowest BCUT2D eigenvalue weighted by Gasteiger charge is -2.06. The molecule has 0 fully saturated rings. The number of nitro groups is 1. The first-order chi connectivity index (χ1) is 9.49. The van der Waals surface area contributed by atoms with E-state index >= 15 is 0 Å². The van der Waals surface area contributed by atoms with E-state index in [-0.39, 0.29) is 5.69 Å². The Labute approximate surface area is 121 Å². The van der Waals surface area contributed by atoms with Gasteiger partial charge in [-0.05, 0) is 12.5 Å². The van der Waals surface area contributed by atoms with Crippen LogP contribution in [-0.4, -0.2) is 14.7 Å². The summed E-state index contributed by atoms with van der Waals surface area (Å²) in [6, 6.07) is 6.47. The number of rotatable bonds is 5. The van der Waals surface area contributed by atoms with E-state index in [4.69, 9.17) is 11.6 Å². The standard InChI is InChI=1S/C13H15ClN4O2/c1-9-13(14)12(17(2)16-9)8-15-7-10-3-5-11(6-4-10)18(19)20/h3-6,15H,7-8H2,1-2H3. The van der Waals surface area contributed by atoms with E-state index in [9.17, 15) is 10.1 Å². The number of hydrogen-bond acceptors (Lipinski definition) is 4. The van der Waals surface area contributed by atoms with E-state index < -0.39 is 4.92 Å². The largest absolute Gasteiger partial charge is 0.307 e. The summed E-state index contributed by atoms with van der Waals surface area (Å²) in [5.74, 6) is 0. The molecule has 0 spiro atoms. The van der Waals surface area contributed by atoms with Crippen molar-refractivity contribution in [2.45, 2.75) is 20.0 Å². The second-order valence-electron chi connectivity index (χ2n) is 4.50. The fourth-order valence-electron chi connectivity index (χ4n) is 1.93. The zero-order valence-electron chi connectivity index (χ0n) is 11.3. The lowest BCUT2D eigenvalue weighted by molar-refractivity contribution is -0.384. The summed E-state index contributed by atoms with van der Waals surface area (Å²) >= 11 is 6.15. The van der Waals surface area contributed by atoms with Crippen molar-refractivity contribution in [2.75, 3.05) is 0 Å². The Morgan fingerprint density at radius 3 is 2.50 bits per heavy atom. The summed E-state index contributed by atoms with van der Waals surface area (Å²) in [4.78, 5) is 10.1. The molecule has 0 bridgehead atoms. The zero-order chi connectivity index (χ0) is 14.7. The van der Waals surface area contributed by atoms with Crippen LogP contribution in [0.2, 0.25) is 5.02 Å². The van der Waals surface area contributed by atoms with Crippen LogP contribution in [0.3, 0.4) is 0 Å². The molecule has 0 aliphatic carbocycles. The van der Waals surface area contributed by atoms with Crippen molar-refractivity contribution >= 4 is 17.3 Å². The third kappa shape index (κ3) is 3.15. The molecule has 0 saturated carbocycles. The second kappa shape index (κ2) is 6.02. The average Bonchev–Trinajstić information content (AvgIpc) is 2.65. The Morgan fingerprint density at radius 2 is 2.00 bits per heavy atom. The molecule has 6 nitrogen and oxygen atoms in total.